The Morgan fingerprint density at radius 2 is 2.32 bits per heavy atom. The van der Waals surface area contributed by atoms with E-state index < -0.39 is 0 Å². The molecule has 98 valence electrons. The standard InChI is InChI=1S/C14H16N4O/c1-2-18-9-15-17-13(18)11-4-3-5-12(8-11)16-14(19)10-6-7-10/h3-5,8-10H,2,6-7H2,1H3,(H,16,19). The van der Waals surface area contributed by atoms with E-state index in [1.807, 2.05) is 35.8 Å². The highest BCUT2D eigenvalue weighted by Crippen LogP contribution is 2.30. The van der Waals surface area contributed by atoms with Crippen molar-refractivity contribution in [2.75, 3.05) is 5.32 Å². The summed E-state index contributed by atoms with van der Waals surface area (Å²) in [4.78, 5) is 11.8. The molecule has 3 rings (SSSR count). The topological polar surface area (TPSA) is 59.8 Å². The molecule has 0 bridgehead atoms. The molecule has 1 heterocycles. The SMILES string of the molecule is CCn1cnnc1-c1cccc(NC(=O)C2CC2)c1. The molecule has 1 aromatic carbocycles. The minimum Gasteiger partial charge on any atom is -0.326 e. The predicted molar refractivity (Wildman–Crippen MR) is 72.5 cm³/mol. The van der Waals surface area contributed by atoms with Crippen molar-refractivity contribution in [3.05, 3.63) is 30.6 Å². The van der Waals surface area contributed by atoms with E-state index in [0.717, 1.165) is 36.5 Å². The average Bonchev–Trinajstić information content (AvgIpc) is 3.17. The van der Waals surface area contributed by atoms with Gasteiger partial charge in [-0.25, -0.2) is 0 Å². The summed E-state index contributed by atoms with van der Waals surface area (Å²) >= 11 is 0. The predicted octanol–water partition coefficient (Wildman–Crippen LogP) is 2.31. The summed E-state index contributed by atoms with van der Waals surface area (Å²) in [7, 11) is 0. The summed E-state index contributed by atoms with van der Waals surface area (Å²) in [6, 6.07) is 7.74. The van der Waals surface area contributed by atoms with Gasteiger partial charge in [-0.3, -0.25) is 4.79 Å². The summed E-state index contributed by atoms with van der Waals surface area (Å²) < 4.78 is 1.97. The lowest BCUT2D eigenvalue weighted by Gasteiger charge is -2.07. The first-order chi connectivity index (χ1) is 9.28. The van der Waals surface area contributed by atoms with Crippen LogP contribution in [0.25, 0.3) is 11.4 Å². The maximum atomic E-state index is 11.8. The molecule has 1 saturated carbocycles. The lowest BCUT2D eigenvalue weighted by molar-refractivity contribution is -0.117. The van der Waals surface area contributed by atoms with Gasteiger partial charge in [0.05, 0.1) is 0 Å². The van der Waals surface area contributed by atoms with Gasteiger partial charge < -0.3 is 9.88 Å². The number of amides is 1. The Kier molecular flexibility index (Phi) is 3.03. The van der Waals surface area contributed by atoms with Gasteiger partial charge in [-0.05, 0) is 31.9 Å². The van der Waals surface area contributed by atoms with Crippen molar-refractivity contribution in [2.45, 2.75) is 26.3 Å². The van der Waals surface area contributed by atoms with Gasteiger partial charge >= 0.3 is 0 Å². The van der Waals surface area contributed by atoms with Crippen LogP contribution in [-0.2, 0) is 11.3 Å². The highest BCUT2D eigenvalue weighted by Gasteiger charge is 2.29. The first-order valence-electron chi connectivity index (χ1n) is 6.57. The molecule has 0 saturated heterocycles. The number of benzene rings is 1. The highest BCUT2D eigenvalue weighted by molar-refractivity contribution is 5.94. The lowest BCUT2D eigenvalue weighted by atomic mass is 10.2. The molecule has 5 heteroatoms. The highest BCUT2D eigenvalue weighted by atomic mass is 16.2. The van der Waals surface area contributed by atoms with Crippen molar-refractivity contribution in [1.29, 1.82) is 0 Å². The molecule has 1 aromatic heterocycles. The Bertz CT molecular complexity index is 601. The van der Waals surface area contributed by atoms with Crippen LogP contribution in [0.3, 0.4) is 0 Å². The molecule has 0 unspecified atom stereocenters. The number of hydrogen-bond acceptors (Lipinski definition) is 3. The second kappa shape index (κ2) is 4.84. The average molecular weight is 256 g/mol. The van der Waals surface area contributed by atoms with Gasteiger partial charge in [-0.2, -0.15) is 0 Å². The molecule has 0 radical (unpaired) electrons. The molecule has 1 N–H and O–H groups in total. The number of aromatic nitrogens is 3. The number of carbonyl (C=O) groups is 1. The Hall–Kier alpha value is -2.17. The molecular weight excluding hydrogens is 240 g/mol. The largest absolute Gasteiger partial charge is 0.326 e. The fourth-order valence-electron chi connectivity index (χ4n) is 2.04. The van der Waals surface area contributed by atoms with Crippen LogP contribution in [0.1, 0.15) is 19.8 Å². The van der Waals surface area contributed by atoms with Crippen molar-refractivity contribution in [3.8, 4) is 11.4 Å². The van der Waals surface area contributed by atoms with Crippen molar-refractivity contribution in [1.82, 2.24) is 14.8 Å². The van der Waals surface area contributed by atoms with E-state index in [1.165, 1.54) is 0 Å². The molecular formula is C14H16N4O. The van der Waals surface area contributed by atoms with Gasteiger partial charge in [0, 0.05) is 23.7 Å². The number of aryl methyl sites for hydroxylation is 1. The Labute approximate surface area is 111 Å². The van der Waals surface area contributed by atoms with Crippen molar-refractivity contribution < 1.29 is 4.79 Å². The summed E-state index contributed by atoms with van der Waals surface area (Å²) in [5, 5.41) is 11.0. The van der Waals surface area contributed by atoms with E-state index in [-0.39, 0.29) is 11.8 Å². The zero-order valence-electron chi connectivity index (χ0n) is 10.8. The quantitative estimate of drug-likeness (QED) is 0.913. The third-order valence-corrected chi connectivity index (χ3v) is 3.29. The van der Waals surface area contributed by atoms with Gasteiger partial charge in [0.25, 0.3) is 0 Å². The minimum atomic E-state index is 0.120. The zero-order chi connectivity index (χ0) is 13.2. The maximum Gasteiger partial charge on any atom is 0.227 e. The van der Waals surface area contributed by atoms with E-state index >= 15 is 0 Å². The van der Waals surface area contributed by atoms with Crippen LogP contribution in [0.4, 0.5) is 5.69 Å². The van der Waals surface area contributed by atoms with Gasteiger partial charge in [-0.15, -0.1) is 10.2 Å². The second-order valence-corrected chi connectivity index (χ2v) is 4.78. The number of rotatable bonds is 4. The van der Waals surface area contributed by atoms with Crippen LogP contribution < -0.4 is 5.32 Å². The third-order valence-electron chi connectivity index (χ3n) is 3.29. The fraction of sp³-hybridized carbons (Fsp3) is 0.357. The number of anilines is 1. The van der Waals surface area contributed by atoms with Crippen LogP contribution in [0, 0.1) is 5.92 Å². The van der Waals surface area contributed by atoms with Gasteiger partial charge in [-0.1, -0.05) is 12.1 Å². The number of nitrogens with one attached hydrogen (secondary N) is 1. The van der Waals surface area contributed by atoms with Gasteiger partial charge in [0.1, 0.15) is 6.33 Å². The van der Waals surface area contributed by atoms with Crippen molar-refractivity contribution in [3.63, 3.8) is 0 Å². The van der Waals surface area contributed by atoms with Crippen LogP contribution in [-0.4, -0.2) is 20.7 Å². The normalized spacial score (nSPS) is 14.4. The van der Waals surface area contributed by atoms with E-state index in [0.29, 0.717) is 0 Å². The molecule has 19 heavy (non-hydrogen) atoms. The summed E-state index contributed by atoms with van der Waals surface area (Å²) in [5.41, 5.74) is 1.79. The van der Waals surface area contributed by atoms with E-state index in [2.05, 4.69) is 15.5 Å². The fourth-order valence-corrected chi connectivity index (χ4v) is 2.04. The van der Waals surface area contributed by atoms with Crippen LogP contribution >= 0.6 is 0 Å². The summed E-state index contributed by atoms with van der Waals surface area (Å²) in [6.07, 6.45) is 3.73. The number of hydrogen-bond donors (Lipinski definition) is 1. The number of nitrogens with zero attached hydrogens (tertiary/aromatic N) is 3. The Morgan fingerprint density at radius 1 is 1.47 bits per heavy atom. The van der Waals surface area contributed by atoms with E-state index in [4.69, 9.17) is 0 Å². The summed E-state index contributed by atoms with van der Waals surface area (Å²) in [6.45, 7) is 2.87. The van der Waals surface area contributed by atoms with Crippen molar-refractivity contribution in [2.24, 2.45) is 5.92 Å². The first-order valence-corrected chi connectivity index (χ1v) is 6.57. The molecule has 0 atom stereocenters. The molecule has 1 aliphatic carbocycles. The smallest absolute Gasteiger partial charge is 0.227 e. The lowest BCUT2D eigenvalue weighted by Crippen LogP contribution is -2.13. The molecule has 1 fully saturated rings. The molecule has 0 aliphatic heterocycles. The Morgan fingerprint density at radius 3 is 3.05 bits per heavy atom. The van der Waals surface area contributed by atoms with Crippen LogP contribution in [0.15, 0.2) is 30.6 Å². The third kappa shape index (κ3) is 2.50. The van der Waals surface area contributed by atoms with Gasteiger partial charge in [0.2, 0.25) is 5.91 Å². The zero-order valence-corrected chi connectivity index (χ0v) is 10.8. The van der Waals surface area contributed by atoms with Crippen LogP contribution in [0.2, 0.25) is 0 Å². The molecule has 5 nitrogen and oxygen atoms in total. The van der Waals surface area contributed by atoms with Crippen LogP contribution in [0.5, 0.6) is 0 Å². The maximum absolute atomic E-state index is 11.8. The minimum absolute atomic E-state index is 0.120. The molecule has 0 spiro atoms. The van der Waals surface area contributed by atoms with Crippen molar-refractivity contribution >= 4 is 11.6 Å². The second-order valence-electron chi connectivity index (χ2n) is 4.78. The number of carbonyl (C=O) groups excluding carboxylic acids is 1. The van der Waals surface area contributed by atoms with E-state index in [9.17, 15) is 4.79 Å². The van der Waals surface area contributed by atoms with Gasteiger partial charge in [0.15, 0.2) is 5.82 Å². The Balaban J connectivity index is 1.84. The monoisotopic (exact) mass is 256 g/mol. The molecule has 2 aromatic rings. The summed E-state index contributed by atoms with van der Waals surface area (Å²) in [5.74, 6) is 1.15. The van der Waals surface area contributed by atoms with E-state index in [1.54, 1.807) is 6.33 Å². The molecule has 1 aliphatic rings. The first kappa shape index (κ1) is 11.9. The molecule has 1 amide bonds.